The fourth-order valence-corrected chi connectivity index (χ4v) is 3.29. The number of amides is 2. The number of thioether (sulfide) groups is 1. The number of hydrogen-bond donors (Lipinski definition) is 3. The van der Waals surface area contributed by atoms with Gasteiger partial charge in [-0.05, 0) is 29.6 Å². The molecule has 2 amide bonds. The maximum absolute atomic E-state index is 11.9. The first-order chi connectivity index (χ1) is 9.97. The number of rotatable bonds is 5. The molecule has 1 aromatic heterocycles. The molecule has 0 saturated carbocycles. The summed E-state index contributed by atoms with van der Waals surface area (Å²) >= 11 is 8.35. The van der Waals surface area contributed by atoms with E-state index in [9.17, 15) is 9.59 Å². The summed E-state index contributed by atoms with van der Waals surface area (Å²) in [5.41, 5.74) is 11.9. The highest BCUT2D eigenvalue weighted by Crippen LogP contribution is 2.28. The van der Waals surface area contributed by atoms with Crippen LogP contribution in [0.25, 0.3) is 0 Å². The van der Waals surface area contributed by atoms with Crippen molar-refractivity contribution < 1.29 is 9.59 Å². The van der Waals surface area contributed by atoms with Crippen LogP contribution in [0.4, 0.5) is 10.7 Å². The van der Waals surface area contributed by atoms with E-state index >= 15 is 0 Å². The number of nitrogens with two attached hydrogens (primary N) is 2. The summed E-state index contributed by atoms with van der Waals surface area (Å²) in [5, 5.41) is 5.36. The average Bonchev–Trinajstić information content (AvgIpc) is 2.86. The minimum atomic E-state index is -0.568. The van der Waals surface area contributed by atoms with E-state index in [1.807, 2.05) is 0 Å². The summed E-state index contributed by atoms with van der Waals surface area (Å²) < 4.78 is 0. The van der Waals surface area contributed by atoms with Crippen molar-refractivity contribution in [1.82, 2.24) is 0 Å². The van der Waals surface area contributed by atoms with Crippen LogP contribution < -0.4 is 16.8 Å². The van der Waals surface area contributed by atoms with E-state index in [0.717, 1.165) is 4.90 Å². The van der Waals surface area contributed by atoms with Crippen LogP contribution in [0.1, 0.15) is 10.4 Å². The summed E-state index contributed by atoms with van der Waals surface area (Å²) in [6.07, 6.45) is 0. The Morgan fingerprint density at radius 2 is 2.10 bits per heavy atom. The third-order valence-corrected chi connectivity index (χ3v) is 4.67. The largest absolute Gasteiger partial charge is 0.398 e. The molecule has 5 nitrogen and oxygen atoms in total. The van der Waals surface area contributed by atoms with E-state index in [2.05, 4.69) is 5.32 Å². The zero-order chi connectivity index (χ0) is 15.4. The third kappa shape index (κ3) is 4.13. The fraction of sp³-hybridized carbons (Fsp3) is 0.0769. The lowest BCUT2D eigenvalue weighted by Crippen LogP contribution is -2.17. The van der Waals surface area contributed by atoms with Crippen molar-refractivity contribution in [2.45, 2.75) is 4.90 Å². The van der Waals surface area contributed by atoms with Gasteiger partial charge >= 0.3 is 0 Å². The number of thiophene rings is 1. The van der Waals surface area contributed by atoms with Gasteiger partial charge in [-0.3, -0.25) is 9.59 Å². The molecule has 21 heavy (non-hydrogen) atoms. The van der Waals surface area contributed by atoms with Gasteiger partial charge in [-0.2, -0.15) is 0 Å². The van der Waals surface area contributed by atoms with Crippen molar-refractivity contribution >= 4 is 57.2 Å². The first-order valence-corrected chi connectivity index (χ1v) is 8.06. The standard InChI is InChI=1S/C13H12ClN3O2S2/c14-7-1-2-10(9(15)5-7)21-6-11(18)17-13-8(12(16)19)3-4-20-13/h1-5H,6,15H2,(H2,16,19)(H,17,18). The highest BCUT2D eigenvalue weighted by Gasteiger charge is 2.13. The van der Waals surface area contributed by atoms with Gasteiger partial charge in [0.15, 0.2) is 0 Å². The van der Waals surface area contributed by atoms with Crippen molar-refractivity contribution in [3.05, 3.63) is 40.2 Å². The Morgan fingerprint density at radius 3 is 2.76 bits per heavy atom. The Balaban J connectivity index is 1.96. The van der Waals surface area contributed by atoms with Gasteiger partial charge < -0.3 is 16.8 Å². The normalized spacial score (nSPS) is 10.3. The molecule has 0 aliphatic heterocycles. The van der Waals surface area contributed by atoms with Crippen molar-refractivity contribution in [2.75, 3.05) is 16.8 Å². The Hall–Kier alpha value is -1.70. The Kier molecular flexibility index (Phi) is 5.11. The summed E-state index contributed by atoms with van der Waals surface area (Å²) in [5.74, 6) is -0.637. The van der Waals surface area contributed by atoms with Crippen LogP contribution in [0.2, 0.25) is 5.02 Å². The Labute approximate surface area is 134 Å². The van der Waals surface area contributed by atoms with Crippen LogP contribution in [-0.2, 0) is 4.79 Å². The number of nitrogen functional groups attached to an aromatic ring is 1. The zero-order valence-corrected chi connectivity index (χ0v) is 13.1. The topological polar surface area (TPSA) is 98.2 Å². The molecule has 0 aliphatic carbocycles. The first kappa shape index (κ1) is 15.7. The molecule has 110 valence electrons. The molecular formula is C13H12ClN3O2S2. The van der Waals surface area contributed by atoms with Crippen LogP contribution in [0.5, 0.6) is 0 Å². The average molecular weight is 342 g/mol. The van der Waals surface area contributed by atoms with Crippen molar-refractivity contribution in [1.29, 1.82) is 0 Å². The van der Waals surface area contributed by atoms with E-state index in [-0.39, 0.29) is 11.7 Å². The summed E-state index contributed by atoms with van der Waals surface area (Å²) in [4.78, 5) is 23.8. The molecule has 2 rings (SSSR count). The molecule has 0 atom stereocenters. The Morgan fingerprint density at radius 1 is 1.33 bits per heavy atom. The number of carbonyl (C=O) groups excluding carboxylic acids is 2. The maximum atomic E-state index is 11.9. The van der Waals surface area contributed by atoms with Crippen LogP contribution in [0, 0.1) is 0 Å². The monoisotopic (exact) mass is 341 g/mol. The van der Waals surface area contributed by atoms with Crippen LogP contribution in [-0.4, -0.2) is 17.6 Å². The molecule has 0 aliphatic rings. The van der Waals surface area contributed by atoms with Gasteiger partial charge in [0.05, 0.1) is 11.3 Å². The molecule has 0 bridgehead atoms. The number of hydrogen-bond acceptors (Lipinski definition) is 5. The Bertz CT molecular complexity index is 688. The van der Waals surface area contributed by atoms with Crippen LogP contribution >= 0.6 is 34.7 Å². The second kappa shape index (κ2) is 6.84. The second-order valence-electron chi connectivity index (χ2n) is 4.05. The molecule has 0 spiro atoms. The highest BCUT2D eigenvalue weighted by molar-refractivity contribution is 8.00. The molecule has 2 aromatic rings. The molecule has 0 saturated heterocycles. The molecule has 1 heterocycles. The van der Waals surface area contributed by atoms with Crippen molar-refractivity contribution in [3.8, 4) is 0 Å². The van der Waals surface area contributed by atoms with E-state index < -0.39 is 5.91 Å². The van der Waals surface area contributed by atoms with E-state index in [4.69, 9.17) is 23.1 Å². The van der Waals surface area contributed by atoms with E-state index in [1.165, 1.54) is 23.1 Å². The third-order valence-electron chi connectivity index (χ3n) is 2.51. The van der Waals surface area contributed by atoms with Crippen molar-refractivity contribution in [3.63, 3.8) is 0 Å². The predicted octanol–water partition coefficient (Wildman–Crippen LogP) is 2.81. The molecule has 0 radical (unpaired) electrons. The lowest BCUT2D eigenvalue weighted by molar-refractivity contribution is -0.113. The quantitative estimate of drug-likeness (QED) is 0.575. The van der Waals surface area contributed by atoms with Gasteiger partial charge in [-0.25, -0.2) is 0 Å². The van der Waals surface area contributed by atoms with Gasteiger partial charge in [-0.15, -0.1) is 23.1 Å². The number of carbonyl (C=O) groups is 2. The molecule has 0 fully saturated rings. The lowest BCUT2D eigenvalue weighted by atomic mass is 10.3. The molecule has 5 N–H and O–H groups in total. The number of nitrogens with one attached hydrogen (secondary N) is 1. The lowest BCUT2D eigenvalue weighted by Gasteiger charge is -2.07. The van der Waals surface area contributed by atoms with Gasteiger partial charge in [0.1, 0.15) is 5.00 Å². The highest BCUT2D eigenvalue weighted by atomic mass is 35.5. The van der Waals surface area contributed by atoms with Crippen LogP contribution in [0.3, 0.4) is 0 Å². The molecular weight excluding hydrogens is 330 g/mol. The minimum Gasteiger partial charge on any atom is -0.398 e. The minimum absolute atomic E-state index is 0.169. The first-order valence-electron chi connectivity index (χ1n) is 5.82. The summed E-state index contributed by atoms with van der Waals surface area (Å²) in [7, 11) is 0. The summed E-state index contributed by atoms with van der Waals surface area (Å²) in [6, 6.07) is 6.68. The predicted molar refractivity (Wildman–Crippen MR) is 88.1 cm³/mol. The van der Waals surface area contributed by atoms with E-state index in [0.29, 0.717) is 21.3 Å². The number of anilines is 2. The van der Waals surface area contributed by atoms with E-state index in [1.54, 1.807) is 29.6 Å². The number of primary amides is 1. The van der Waals surface area contributed by atoms with Crippen molar-refractivity contribution in [2.24, 2.45) is 5.73 Å². The van der Waals surface area contributed by atoms with Crippen LogP contribution in [0.15, 0.2) is 34.5 Å². The SMILES string of the molecule is NC(=O)c1ccsc1NC(=O)CSc1ccc(Cl)cc1N. The molecule has 1 aromatic carbocycles. The number of benzene rings is 1. The zero-order valence-electron chi connectivity index (χ0n) is 10.8. The van der Waals surface area contributed by atoms with Gasteiger partial charge in [0, 0.05) is 15.6 Å². The molecule has 0 unspecified atom stereocenters. The summed E-state index contributed by atoms with van der Waals surface area (Å²) in [6.45, 7) is 0. The fourth-order valence-electron chi connectivity index (χ4n) is 1.56. The number of halogens is 1. The molecule has 8 heteroatoms. The second-order valence-corrected chi connectivity index (χ2v) is 6.42. The maximum Gasteiger partial charge on any atom is 0.251 e. The smallest absolute Gasteiger partial charge is 0.251 e. The van der Waals surface area contributed by atoms with Gasteiger partial charge in [-0.1, -0.05) is 11.6 Å². The van der Waals surface area contributed by atoms with Gasteiger partial charge in [0.2, 0.25) is 5.91 Å². The van der Waals surface area contributed by atoms with Gasteiger partial charge in [0.25, 0.3) is 5.91 Å².